The molecule has 3 rings (SSSR count). The Morgan fingerprint density at radius 1 is 1.09 bits per heavy atom. The summed E-state index contributed by atoms with van der Waals surface area (Å²) in [6.07, 6.45) is 3.52. The number of nitrogens with two attached hydrogens (primary N) is 1. The molecule has 0 saturated carbocycles. The van der Waals surface area contributed by atoms with Gasteiger partial charge in [0, 0.05) is 44.3 Å². The first-order valence-corrected chi connectivity index (χ1v) is 8.67. The van der Waals surface area contributed by atoms with Crippen LogP contribution in [0.5, 0.6) is 0 Å². The molecule has 0 bridgehead atoms. The molecule has 5 nitrogen and oxygen atoms in total. The lowest BCUT2D eigenvalue weighted by Crippen LogP contribution is -2.40. The molecule has 23 heavy (non-hydrogen) atoms. The molecule has 0 radical (unpaired) electrons. The molecule has 2 aliphatic heterocycles. The first-order valence-electron chi connectivity index (χ1n) is 8.67. The van der Waals surface area contributed by atoms with Crippen LogP contribution in [0.15, 0.2) is 24.3 Å². The molecule has 126 valence electrons. The molecule has 0 aromatic heterocycles. The van der Waals surface area contributed by atoms with Crippen molar-refractivity contribution < 1.29 is 9.53 Å². The average Bonchev–Trinajstić information content (AvgIpc) is 2.61. The second kappa shape index (κ2) is 7.79. The largest absolute Gasteiger partial charge is 0.378 e. The summed E-state index contributed by atoms with van der Waals surface area (Å²) in [4.78, 5) is 16.5. The van der Waals surface area contributed by atoms with Crippen LogP contribution in [0.3, 0.4) is 0 Å². The number of anilines is 1. The molecule has 1 aromatic rings. The van der Waals surface area contributed by atoms with Crippen molar-refractivity contribution in [2.24, 2.45) is 5.73 Å². The smallest absolute Gasteiger partial charge is 0.223 e. The van der Waals surface area contributed by atoms with Gasteiger partial charge in [-0.05, 0) is 37.0 Å². The lowest BCUT2D eigenvalue weighted by atomic mass is 10.0. The quantitative estimate of drug-likeness (QED) is 0.912. The summed E-state index contributed by atoms with van der Waals surface area (Å²) in [5.74, 6) is 0.238. The minimum Gasteiger partial charge on any atom is -0.378 e. The SMILES string of the molecule is NC1CCN(c2ccc(CCC(=O)N3CCOCC3)cc2)CC1. The Bertz CT molecular complexity index is 504. The van der Waals surface area contributed by atoms with Crippen molar-refractivity contribution >= 4 is 11.6 Å². The average molecular weight is 317 g/mol. The highest BCUT2D eigenvalue weighted by Crippen LogP contribution is 2.20. The Labute approximate surface area is 138 Å². The number of piperidine rings is 1. The third-order valence-corrected chi connectivity index (χ3v) is 4.83. The van der Waals surface area contributed by atoms with Crippen LogP contribution in [0.4, 0.5) is 5.69 Å². The maximum Gasteiger partial charge on any atom is 0.223 e. The normalized spacial score (nSPS) is 19.9. The van der Waals surface area contributed by atoms with E-state index < -0.39 is 0 Å². The van der Waals surface area contributed by atoms with Gasteiger partial charge >= 0.3 is 0 Å². The molecule has 2 heterocycles. The minimum atomic E-state index is 0.238. The number of morpholine rings is 1. The highest BCUT2D eigenvalue weighted by molar-refractivity contribution is 5.76. The van der Waals surface area contributed by atoms with E-state index in [4.69, 9.17) is 10.5 Å². The Hall–Kier alpha value is -1.59. The van der Waals surface area contributed by atoms with Crippen molar-refractivity contribution in [1.82, 2.24) is 4.90 Å². The van der Waals surface area contributed by atoms with Crippen molar-refractivity contribution in [3.05, 3.63) is 29.8 Å². The Morgan fingerprint density at radius 3 is 2.39 bits per heavy atom. The van der Waals surface area contributed by atoms with Gasteiger partial charge in [0.1, 0.15) is 0 Å². The molecule has 0 atom stereocenters. The molecule has 2 saturated heterocycles. The van der Waals surface area contributed by atoms with Gasteiger partial charge in [-0.25, -0.2) is 0 Å². The molecular formula is C18H27N3O2. The first kappa shape index (κ1) is 16.3. The van der Waals surface area contributed by atoms with Gasteiger partial charge in [0.05, 0.1) is 13.2 Å². The van der Waals surface area contributed by atoms with Crippen LogP contribution in [0.2, 0.25) is 0 Å². The Morgan fingerprint density at radius 2 is 1.74 bits per heavy atom. The number of amides is 1. The second-order valence-electron chi connectivity index (χ2n) is 6.48. The summed E-state index contributed by atoms with van der Waals surface area (Å²) in [5, 5.41) is 0. The molecular weight excluding hydrogens is 290 g/mol. The topological polar surface area (TPSA) is 58.8 Å². The van der Waals surface area contributed by atoms with Gasteiger partial charge < -0.3 is 20.3 Å². The highest BCUT2D eigenvalue weighted by atomic mass is 16.5. The lowest BCUT2D eigenvalue weighted by Gasteiger charge is -2.32. The molecule has 1 amide bonds. The van der Waals surface area contributed by atoms with E-state index >= 15 is 0 Å². The van der Waals surface area contributed by atoms with Crippen LogP contribution in [0.25, 0.3) is 0 Å². The number of benzene rings is 1. The van der Waals surface area contributed by atoms with Crippen molar-refractivity contribution in [2.75, 3.05) is 44.3 Å². The van der Waals surface area contributed by atoms with Crippen molar-refractivity contribution in [1.29, 1.82) is 0 Å². The van der Waals surface area contributed by atoms with E-state index in [0.29, 0.717) is 25.7 Å². The third kappa shape index (κ3) is 4.45. The van der Waals surface area contributed by atoms with E-state index in [0.717, 1.165) is 45.4 Å². The maximum absolute atomic E-state index is 12.2. The number of ether oxygens (including phenoxy) is 1. The summed E-state index contributed by atoms with van der Waals surface area (Å²) < 4.78 is 5.28. The molecule has 0 spiro atoms. The fraction of sp³-hybridized carbons (Fsp3) is 0.611. The van der Waals surface area contributed by atoms with E-state index in [-0.39, 0.29) is 5.91 Å². The first-order chi connectivity index (χ1) is 11.2. The Balaban J connectivity index is 1.48. The van der Waals surface area contributed by atoms with Crippen LogP contribution < -0.4 is 10.6 Å². The molecule has 1 aromatic carbocycles. The van der Waals surface area contributed by atoms with E-state index in [1.807, 2.05) is 4.90 Å². The van der Waals surface area contributed by atoms with Crippen LogP contribution in [-0.2, 0) is 16.0 Å². The number of hydrogen-bond donors (Lipinski definition) is 1. The number of carbonyl (C=O) groups is 1. The monoisotopic (exact) mass is 317 g/mol. The zero-order chi connectivity index (χ0) is 16.1. The number of hydrogen-bond acceptors (Lipinski definition) is 4. The molecule has 0 unspecified atom stereocenters. The number of nitrogens with zero attached hydrogens (tertiary/aromatic N) is 2. The van der Waals surface area contributed by atoms with Crippen LogP contribution in [0, 0.1) is 0 Å². The molecule has 0 aliphatic carbocycles. The molecule has 2 aliphatic rings. The van der Waals surface area contributed by atoms with Crippen molar-refractivity contribution in [3.63, 3.8) is 0 Å². The summed E-state index contributed by atoms with van der Waals surface area (Å²) in [7, 11) is 0. The molecule has 5 heteroatoms. The van der Waals surface area contributed by atoms with E-state index in [2.05, 4.69) is 29.2 Å². The van der Waals surface area contributed by atoms with Crippen molar-refractivity contribution in [2.45, 2.75) is 31.7 Å². The fourth-order valence-corrected chi connectivity index (χ4v) is 3.25. The van der Waals surface area contributed by atoms with E-state index in [1.54, 1.807) is 0 Å². The van der Waals surface area contributed by atoms with Gasteiger partial charge in [0.25, 0.3) is 0 Å². The van der Waals surface area contributed by atoms with Gasteiger partial charge in [-0.15, -0.1) is 0 Å². The number of carbonyl (C=O) groups excluding carboxylic acids is 1. The second-order valence-corrected chi connectivity index (χ2v) is 6.48. The van der Waals surface area contributed by atoms with Crippen LogP contribution in [0.1, 0.15) is 24.8 Å². The predicted molar refractivity (Wildman–Crippen MR) is 91.6 cm³/mol. The summed E-state index contributed by atoms with van der Waals surface area (Å²) in [5.41, 5.74) is 8.45. The van der Waals surface area contributed by atoms with Crippen LogP contribution in [-0.4, -0.2) is 56.2 Å². The minimum absolute atomic E-state index is 0.238. The standard InChI is InChI=1S/C18H27N3O2/c19-16-7-9-20(10-8-16)17-4-1-15(2-5-17)3-6-18(22)21-11-13-23-14-12-21/h1-2,4-5,16H,3,6-14,19H2. The van der Waals surface area contributed by atoms with Gasteiger partial charge in [-0.1, -0.05) is 12.1 Å². The van der Waals surface area contributed by atoms with Gasteiger partial charge in [0.2, 0.25) is 5.91 Å². The molecule has 2 fully saturated rings. The lowest BCUT2D eigenvalue weighted by molar-refractivity contribution is -0.135. The third-order valence-electron chi connectivity index (χ3n) is 4.83. The summed E-state index contributed by atoms with van der Waals surface area (Å²) in [6, 6.07) is 9.00. The highest BCUT2D eigenvalue weighted by Gasteiger charge is 2.17. The van der Waals surface area contributed by atoms with Crippen LogP contribution >= 0.6 is 0 Å². The van der Waals surface area contributed by atoms with Crippen molar-refractivity contribution in [3.8, 4) is 0 Å². The van der Waals surface area contributed by atoms with Gasteiger partial charge in [0.15, 0.2) is 0 Å². The number of aryl methyl sites for hydroxylation is 1. The maximum atomic E-state index is 12.2. The fourth-order valence-electron chi connectivity index (χ4n) is 3.25. The van der Waals surface area contributed by atoms with Gasteiger partial charge in [-0.3, -0.25) is 4.79 Å². The molecule has 2 N–H and O–H groups in total. The zero-order valence-corrected chi connectivity index (χ0v) is 13.7. The zero-order valence-electron chi connectivity index (χ0n) is 13.7. The van der Waals surface area contributed by atoms with Gasteiger partial charge in [-0.2, -0.15) is 0 Å². The predicted octanol–water partition coefficient (Wildman–Crippen LogP) is 1.41. The summed E-state index contributed by atoms with van der Waals surface area (Å²) >= 11 is 0. The van der Waals surface area contributed by atoms with E-state index in [1.165, 1.54) is 11.3 Å². The Kier molecular flexibility index (Phi) is 5.51. The summed E-state index contributed by atoms with van der Waals surface area (Å²) in [6.45, 7) is 4.87. The van der Waals surface area contributed by atoms with E-state index in [9.17, 15) is 4.79 Å². The number of rotatable bonds is 4.